The lowest BCUT2D eigenvalue weighted by atomic mass is 10.1. The highest BCUT2D eigenvalue weighted by Gasteiger charge is 2.12. The summed E-state index contributed by atoms with van der Waals surface area (Å²) >= 11 is 1.47. The zero-order valence-electron chi connectivity index (χ0n) is 16.2. The average Bonchev–Trinajstić information content (AvgIpc) is 3.23. The number of nitrogens with one attached hydrogen (secondary N) is 1. The predicted octanol–water partition coefficient (Wildman–Crippen LogP) is 4.81. The van der Waals surface area contributed by atoms with Gasteiger partial charge in [0.1, 0.15) is 10.7 Å². The van der Waals surface area contributed by atoms with E-state index < -0.39 is 0 Å². The number of aryl methyl sites for hydroxylation is 2. The predicted molar refractivity (Wildman–Crippen MR) is 116 cm³/mol. The SMILES string of the molecule is Cc1cc(-c2ncc(CNC(=O)c3csc(-c4ccccc4)n3)cc2C)ccn1. The molecule has 1 aromatic carbocycles. The van der Waals surface area contributed by atoms with Crippen LogP contribution in [0.2, 0.25) is 0 Å². The van der Waals surface area contributed by atoms with Crippen molar-refractivity contribution in [2.24, 2.45) is 0 Å². The molecule has 0 atom stereocenters. The molecular formula is C23H20N4OS. The molecule has 1 amide bonds. The van der Waals surface area contributed by atoms with Gasteiger partial charge in [-0.05, 0) is 37.1 Å². The minimum absolute atomic E-state index is 0.185. The van der Waals surface area contributed by atoms with Crippen molar-refractivity contribution < 1.29 is 4.79 Å². The number of carbonyl (C=O) groups excluding carboxylic acids is 1. The molecule has 0 saturated carbocycles. The van der Waals surface area contributed by atoms with Crippen LogP contribution in [-0.2, 0) is 6.54 Å². The van der Waals surface area contributed by atoms with E-state index in [2.05, 4.69) is 26.3 Å². The van der Waals surface area contributed by atoms with Gasteiger partial charge in [-0.1, -0.05) is 36.4 Å². The molecule has 0 spiro atoms. The molecule has 5 nitrogen and oxygen atoms in total. The van der Waals surface area contributed by atoms with Gasteiger partial charge in [-0.3, -0.25) is 14.8 Å². The number of carbonyl (C=O) groups is 1. The van der Waals surface area contributed by atoms with Gasteiger partial charge in [0.15, 0.2) is 0 Å². The number of nitrogens with zero attached hydrogens (tertiary/aromatic N) is 3. The summed E-state index contributed by atoms with van der Waals surface area (Å²) < 4.78 is 0. The van der Waals surface area contributed by atoms with Crippen molar-refractivity contribution in [3.63, 3.8) is 0 Å². The van der Waals surface area contributed by atoms with E-state index in [0.29, 0.717) is 12.2 Å². The maximum absolute atomic E-state index is 12.5. The Kier molecular flexibility index (Phi) is 5.44. The molecule has 3 aromatic heterocycles. The fourth-order valence-electron chi connectivity index (χ4n) is 3.09. The Bertz CT molecular complexity index is 1150. The zero-order valence-corrected chi connectivity index (χ0v) is 17.0. The van der Waals surface area contributed by atoms with Crippen molar-refractivity contribution in [3.8, 4) is 21.8 Å². The number of amides is 1. The smallest absolute Gasteiger partial charge is 0.271 e. The van der Waals surface area contributed by atoms with Crippen LogP contribution in [0.4, 0.5) is 0 Å². The van der Waals surface area contributed by atoms with Crippen LogP contribution >= 0.6 is 11.3 Å². The quantitative estimate of drug-likeness (QED) is 0.522. The average molecular weight is 401 g/mol. The molecule has 29 heavy (non-hydrogen) atoms. The van der Waals surface area contributed by atoms with Gasteiger partial charge in [0, 0.05) is 41.1 Å². The summed E-state index contributed by atoms with van der Waals surface area (Å²) in [5.41, 5.74) is 6.38. The molecule has 0 radical (unpaired) electrons. The lowest BCUT2D eigenvalue weighted by molar-refractivity contribution is 0.0946. The van der Waals surface area contributed by atoms with Gasteiger partial charge in [0.05, 0.1) is 5.69 Å². The van der Waals surface area contributed by atoms with Gasteiger partial charge in [-0.15, -0.1) is 11.3 Å². The lowest BCUT2D eigenvalue weighted by Gasteiger charge is -2.09. The van der Waals surface area contributed by atoms with Crippen molar-refractivity contribution in [1.82, 2.24) is 20.3 Å². The van der Waals surface area contributed by atoms with Gasteiger partial charge < -0.3 is 5.32 Å². The minimum Gasteiger partial charge on any atom is -0.347 e. The van der Waals surface area contributed by atoms with Crippen LogP contribution in [0, 0.1) is 13.8 Å². The van der Waals surface area contributed by atoms with Crippen molar-refractivity contribution in [2.45, 2.75) is 20.4 Å². The molecule has 3 heterocycles. The first kappa shape index (κ1) is 19.0. The number of hydrogen-bond acceptors (Lipinski definition) is 5. The standard InChI is InChI=1S/C23H20N4OS/c1-15-10-17(12-25-21(15)19-8-9-24-16(2)11-19)13-26-22(28)20-14-29-23(27-20)18-6-4-3-5-7-18/h3-12,14H,13H2,1-2H3,(H,26,28). The first-order chi connectivity index (χ1) is 14.1. The van der Waals surface area contributed by atoms with E-state index in [-0.39, 0.29) is 5.91 Å². The van der Waals surface area contributed by atoms with Crippen LogP contribution in [0.25, 0.3) is 21.8 Å². The summed E-state index contributed by atoms with van der Waals surface area (Å²) in [6, 6.07) is 15.9. The van der Waals surface area contributed by atoms with Gasteiger partial charge in [-0.25, -0.2) is 4.98 Å². The third-order valence-electron chi connectivity index (χ3n) is 4.52. The molecule has 6 heteroatoms. The molecule has 0 bridgehead atoms. The Labute approximate surface area is 173 Å². The van der Waals surface area contributed by atoms with Gasteiger partial charge in [0.2, 0.25) is 0 Å². The maximum atomic E-state index is 12.5. The van der Waals surface area contributed by atoms with E-state index in [1.54, 1.807) is 17.8 Å². The molecule has 0 saturated heterocycles. The Morgan fingerprint density at radius 3 is 2.62 bits per heavy atom. The number of aromatic nitrogens is 3. The Morgan fingerprint density at radius 1 is 1.03 bits per heavy atom. The summed E-state index contributed by atoms with van der Waals surface area (Å²) in [7, 11) is 0. The molecule has 4 rings (SSSR count). The fourth-order valence-corrected chi connectivity index (χ4v) is 3.90. The minimum atomic E-state index is -0.185. The second-order valence-electron chi connectivity index (χ2n) is 6.78. The normalized spacial score (nSPS) is 10.7. The van der Waals surface area contributed by atoms with Crippen molar-refractivity contribution >= 4 is 17.2 Å². The number of rotatable bonds is 5. The van der Waals surface area contributed by atoms with E-state index in [1.807, 2.05) is 56.3 Å². The van der Waals surface area contributed by atoms with E-state index in [9.17, 15) is 4.79 Å². The summed E-state index contributed by atoms with van der Waals surface area (Å²) in [5.74, 6) is -0.185. The van der Waals surface area contributed by atoms with Crippen molar-refractivity contribution in [2.75, 3.05) is 0 Å². The molecule has 0 unspecified atom stereocenters. The Balaban J connectivity index is 1.43. The molecule has 4 aromatic rings. The third kappa shape index (κ3) is 4.38. The van der Waals surface area contributed by atoms with E-state index in [0.717, 1.165) is 38.6 Å². The molecule has 0 aliphatic rings. The lowest BCUT2D eigenvalue weighted by Crippen LogP contribution is -2.23. The summed E-state index contributed by atoms with van der Waals surface area (Å²) in [6.45, 7) is 4.39. The molecule has 144 valence electrons. The van der Waals surface area contributed by atoms with E-state index in [4.69, 9.17) is 0 Å². The maximum Gasteiger partial charge on any atom is 0.271 e. The van der Waals surface area contributed by atoms with Crippen molar-refractivity contribution in [1.29, 1.82) is 0 Å². The molecule has 0 aliphatic carbocycles. The molecule has 0 fully saturated rings. The highest BCUT2D eigenvalue weighted by molar-refractivity contribution is 7.13. The number of pyridine rings is 2. The first-order valence-electron chi connectivity index (χ1n) is 9.28. The topological polar surface area (TPSA) is 67.8 Å². The Hall–Kier alpha value is -3.38. The number of thiazole rings is 1. The summed E-state index contributed by atoms with van der Waals surface area (Å²) in [5, 5.41) is 5.56. The summed E-state index contributed by atoms with van der Waals surface area (Å²) in [6.07, 6.45) is 3.59. The Morgan fingerprint density at radius 2 is 1.86 bits per heavy atom. The number of hydrogen-bond donors (Lipinski definition) is 1. The monoisotopic (exact) mass is 400 g/mol. The van der Waals surface area contributed by atoms with Crippen molar-refractivity contribution in [3.05, 3.63) is 88.8 Å². The van der Waals surface area contributed by atoms with Crippen LogP contribution in [0.1, 0.15) is 27.3 Å². The second kappa shape index (κ2) is 8.32. The van der Waals surface area contributed by atoms with Crippen LogP contribution in [0.15, 0.2) is 66.3 Å². The highest BCUT2D eigenvalue weighted by Crippen LogP contribution is 2.24. The van der Waals surface area contributed by atoms with Gasteiger partial charge >= 0.3 is 0 Å². The van der Waals surface area contributed by atoms with Crippen LogP contribution < -0.4 is 5.32 Å². The van der Waals surface area contributed by atoms with Crippen LogP contribution in [0.5, 0.6) is 0 Å². The highest BCUT2D eigenvalue weighted by atomic mass is 32.1. The van der Waals surface area contributed by atoms with Gasteiger partial charge in [-0.2, -0.15) is 0 Å². The zero-order chi connectivity index (χ0) is 20.2. The molecule has 1 N–H and O–H groups in total. The van der Waals surface area contributed by atoms with E-state index in [1.165, 1.54) is 11.3 Å². The first-order valence-corrected chi connectivity index (χ1v) is 10.2. The van der Waals surface area contributed by atoms with E-state index >= 15 is 0 Å². The fraction of sp³-hybridized carbons (Fsp3) is 0.130. The molecular weight excluding hydrogens is 380 g/mol. The van der Waals surface area contributed by atoms with Gasteiger partial charge in [0.25, 0.3) is 5.91 Å². The summed E-state index contributed by atoms with van der Waals surface area (Å²) in [4.78, 5) is 25.8. The molecule has 0 aliphatic heterocycles. The van der Waals surface area contributed by atoms with Crippen LogP contribution in [-0.4, -0.2) is 20.9 Å². The number of benzene rings is 1. The third-order valence-corrected chi connectivity index (χ3v) is 5.41. The van der Waals surface area contributed by atoms with Crippen LogP contribution in [0.3, 0.4) is 0 Å². The largest absolute Gasteiger partial charge is 0.347 e. The second-order valence-corrected chi connectivity index (χ2v) is 7.64.